The fourth-order valence-corrected chi connectivity index (χ4v) is 2.57. The number of nitrogens with one attached hydrogen (secondary N) is 1. The van der Waals surface area contributed by atoms with Crippen LogP contribution in [0, 0.1) is 0 Å². The van der Waals surface area contributed by atoms with Crippen LogP contribution in [0.4, 0.5) is 0 Å². The van der Waals surface area contributed by atoms with Gasteiger partial charge in [0.1, 0.15) is 5.75 Å². The molecular formula is C17H20N4O3. The van der Waals surface area contributed by atoms with Crippen molar-refractivity contribution in [2.45, 2.75) is 25.5 Å². The summed E-state index contributed by atoms with van der Waals surface area (Å²) in [5.41, 5.74) is 1.58. The highest BCUT2D eigenvalue weighted by molar-refractivity contribution is 6.05. The third-order valence-corrected chi connectivity index (χ3v) is 3.83. The van der Waals surface area contributed by atoms with E-state index < -0.39 is 6.10 Å². The molecule has 1 atom stereocenters. The number of amides is 1. The first kappa shape index (κ1) is 16.0. The van der Waals surface area contributed by atoms with E-state index in [0.717, 1.165) is 30.0 Å². The van der Waals surface area contributed by atoms with Gasteiger partial charge in [0.15, 0.2) is 0 Å². The van der Waals surface area contributed by atoms with E-state index in [9.17, 15) is 4.79 Å². The lowest BCUT2D eigenvalue weighted by Crippen LogP contribution is -2.35. The molecule has 0 aliphatic carbocycles. The number of methoxy groups -OCH3 is 1. The number of nitrogens with zero attached hydrogens (tertiary/aromatic N) is 3. The van der Waals surface area contributed by atoms with Gasteiger partial charge < -0.3 is 19.5 Å². The van der Waals surface area contributed by atoms with Crippen LogP contribution in [0.2, 0.25) is 0 Å². The Morgan fingerprint density at radius 3 is 3.12 bits per heavy atom. The minimum Gasteiger partial charge on any atom is -0.496 e. The number of oxime groups is 1. The Morgan fingerprint density at radius 2 is 2.33 bits per heavy atom. The van der Waals surface area contributed by atoms with Crippen LogP contribution >= 0.6 is 0 Å². The number of aromatic nitrogens is 2. The van der Waals surface area contributed by atoms with Gasteiger partial charge in [-0.2, -0.15) is 0 Å². The molecule has 1 aliphatic rings. The average molecular weight is 328 g/mol. The molecule has 2 aromatic rings. The van der Waals surface area contributed by atoms with Gasteiger partial charge in [-0.15, -0.1) is 0 Å². The number of imidazole rings is 1. The Balaban J connectivity index is 1.46. The van der Waals surface area contributed by atoms with E-state index in [1.54, 1.807) is 19.6 Å². The first-order chi connectivity index (χ1) is 11.8. The summed E-state index contributed by atoms with van der Waals surface area (Å²) in [5, 5.41) is 6.93. The molecule has 0 bridgehead atoms. The highest BCUT2D eigenvalue weighted by atomic mass is 16.6. The zero-order valence-electron chi connectivity index (χ0n) is 13.5. The van der Waals surface area contributed by atoms with E-state index >= 15 is 0 Å². The molecule has 0 saturated heterocycles. The maximum absolute atomic E-state index is 12.2. The topological polar surface area (TPSA) is 77.7 Å². The molecule has 7 heteroatoms. The zero-order valence-corrected chi connectivity index (χ0v) is 13.5. The van der Waals surface area contributed by atoms with Crippen molar-refractivity contribution in [1.82, 2.24) is 14.9 Å². The molecule has 126 valence electrons. The molecule has 0 unspecified atom stereocenters. The summed E-state index contributed by atoms with van der Waals surface area (Å²) in [7, 11) is 1.61. The van der Waals surface area contributed by atoms with Crippen molar-refractivity contribution in [3.05, 3.63) is 48.5 Å². The predicted molar refractivity (Wildman–Crippen MR) is 88.9 cm³/mol. The van der Waals surface area contributed by atoms with Gasteiger partial charge in [-0.25, -0.2) is 4.98 Å². The van der Waals surface area contributed by atoms with Gasteiger partial charge in [-0.3, -0.25) is 4.79 Å². The van der Waals surface area contributed by atoms with E-state index in [0.29, 0.717) is 13.0 Å². The van der Waals surface area contributed by atoms with Crippen molar-refractivity contribution >= 4 is 11.6 Å². The maximum atomic E-state index is 12.2. The second-order valence-electron chi connectivity index (χ2n) is 5.48. The zero-order chi connectivity index (χ0) is 16.8. The number of carbonyl (C=O) groups is 1. The summed E-state index contributed by atoms with van der Waals surface area (Å²) in [5.74, 6) is 0.579. The maximum Gasteiger partial charge on any atom is 0.264 e. The van der Waals surface area contributed by atoms with Crippen molar-refractivity contribution < 1.29 is 14.4 Å². The van der Waals surface area contributed by atoms with E-state index in [1.165, 1.54) is 0 Å². The standard InChI is InChI=1S/C17H20N4O3/c1-23-15-6-3-2-5-13(15)14-11-16(24-20-14)17(22)19-7-4-9-21-10-8-18-12-21/h2-3,5-6,8,10,12,16H,4,7,9,11H2,1H3,(H,19,22)/t16-/m1/s1. The average Bonchev–Trinajstić information content (AvgIpc) is 3.30. The molecule has 0 spiro atoms. The van der Waals surface area contributed by atoms with E-state index in [1.807, 2.05) is 35.0 Å². The first-order valence-electron chi connectivity index (χ1n) is 7.87. The molecular weight excluding hydrogens is 308 g/mol. The lowest BCUT2D eigenvalue weighted by Gasteiger charge is -2.10. The van der Waals surface area contributed by atoms with Crippen molar-refractivity contribution in [3.8, 4) is 5.75 Å². The minimum atomic E-state index is -0.585. The van der Waals surface area contributed by atoms with Gasteiger partial charge in [0.25, 0.3) is 5.91 Å². The number of para-hydroxylation sites is 1. The lowest BCUT2D eigenvalue weighted by atomic mass is 10.0. The van der Waals surface area contributed by atoms with E-state index in [4.69, 9.17) is 9.57 Å². The van der Waals surface area contributed by atoms with Crippen LogP contribution < -0.4 is 10.1 Å². The first-order valence-corrected chi connectivity index (χ1v) is 7.87. The third-order valence-electron chi connectivity index (χ3n) is 3.83. The molecule has 1 aliphatic heterocycles. The Kier molecular flexibility index (Phi) is 5.10. The number of carbonyl (C=O) groups excluding carboxylic acids is 1. The quantitative estimate of drug-likeness (QED) is 0.783. The number of rotatable bonds is 7. The second kappa shape index (κ2) is 7.63. The van der Waals surface area contributed by atoms with Gasteiger partial charge in [-0.1, -0.05) is 17.3 Å². The van der Waals surface area contributed by atoms with Gasteiger partial charge >= 0.3 is 0 Å². The van der Waals surface area contributed by atoms with Gasteiger partial charge in [0.05, 0.1) is 19.1 Å². The molecule has 0 radical (unpaired) electrons. The molecule has 0 saturated carbocycles. The highest BCUT2D eigenvalue weighted by Crippen LogP contribution is 2.24. The fourth-order valence-electron chi connectivity index (χ4n) is 2.57. The number of aryl methyl sites for hydroxylation is 1. The highest BCUT2D eigenvalue weighted by Gasteiger charge is 2.29. The van der Waals surface area contributed by atoms with Crippen molar-refractivity contribution in [1.29, 1.82) is 0 Å². The summed E-state index contributed by atoms with van der Waals surface area (Å²) in [4.78, 5) is 21.4. The summed E-state index contributed by atoms with van der Waals surface area (Å²) in [6.45, 7) is 1.40. The molecule has 3 rings (SSSR count). The SMILES string of the molecule is COc1ccccc1C1=NO[C@@H](C(=O)NCCCn2ccnc2)C1. The molecule has 2 heterocycles. The molecule has 1 amide bonds. The summed E-state index contributed by atoms with van der Waals surface area (Å²) in [6, 6.07) is 7.57. The summed E-state index contributed by atoms with van der Waals surface area (Å²) >= 11 is 0. The number of ether oxygens (including phenoxy) is 1. The van der Waals surface area contributed by atoms with E-state index in [-0.39, 0.29) is 5.91 Å². The Hall–Kier alpha value is -2.83. The van der Waals surface area contributed by atoms with Crippen molar-refractivity contribution in [3.63, 3.8) is 0 Å². The summed E-state index contributed by atoms with van der Waals surface area (Å²) in [6.07, 6.45) is 6.08. The Bertz CT molecular complexity index is 712. The van der Waals surface area contributed by atoms with Crippen LogP contribution in [0.15, 0.2) is 48.1 Å². The number of benzene rings is 1. The van der Waals surface area contributed by atoms with Crippen LogP contribution in [0.1, 0.15) is 18.4 Å². The smallest absolute Gasteiger partial charge is 0.264 e. The van der Waals surface area contributed by atoms with E-state index in [2.05, 4.69) is 15.5 Å². The fraction of sp³-hybridized carbons (Fsp3) is 0.353. The van der Waals surface area contributed by atoms with Crippen LogP contribution in [0.3, 0.4) is 0 Å². The Morgan fingerprint density at radius 1 is 1.46 bits per heavy atom. The third kappa shape index (κ3) is 3.73. The van der Waals surface area contributed by atoms with Crippen molar-refractivity contribution in [2.75, 3.05) is 13.7 Å². The van der Waals surface area contributed by atoms with Crippen molar-refractivity contribution in [2.24, 2.45) is 5.16 Å². The minimum absolute atomic E-state index is 0.144. The predicted octanol–water partition coefficient (Wildman–Crippen LogP) is 1.59. The summed E-state index contributed by atoms with van der Waals surface area (Å²) < 4.78 is 7.30. The van der Waals surface area contributed by atoms with Gasteiger partial charge in [-0.05, 0) is 18.6 Å². The Labute approximate surface area is 140 Å². The van der Waals surface area contributed by atoms with Crippen LogP contribution in [0.25, 0.3) is 0 Å². The number of hydrogen-bond acceptors (Lipinski definition) is 5. The molecule has 7 nitrogen and oxygen atoms in total. The molecule has 24 heavy (non-hydrogen) atoms. The molecule has 1 aromatic carbocycles. The largest absolute Gasteiger partial charge is 0.496 e. The van der Waals surface area contributed by atoms with Crippen LogP contribution in [-0.2, 0) is 16.2 Å². The molecule has 1 aromatic heterocycles. The number of hydrogen-bond donors (Lipinski definition) is 1. The van der Waals surface area contributed by atoms with Gasteiger partial charge in [0.2, 0.25) is 6.10 Å². The normalized spacial score (nSPS) is 16.4. The second-order valence-corrected chi connectivity index (χ2v) is 5.48. The van der Waals surface area contributed by atoms with Gasteiger partial charge in [0, 0.05) is 37.5 Å². The lowest BCUT2D eigenvalue weighted by molar-refractivity contribution is -0.131. The molecule has 1 N–H and O–H groups in total. The van der Waals surface area contributed by atoms with Crippen LogP contribution in [-0.4, -0.2) is 40.9 Å². The monoisotopic (exact) mass is 328 g/mol. The van der Waals surface area contributed by atoms with Crippen LogP contribution in [0.5, 0.6) is 5.75 Å². The molecule has 0 fully saturated rings.